The van der Waals surface area contributed by atoms with Crippen LogP contribution < -0.4 is 5.69 Å². The summed E-state index contributed by atoms with van der Waals surface area (Å²) in [6.07, 6.45) is 3.22. The number of hydrogen-bond donors (Lipinski definition) is 1. The Labute approximate surface area is 80.1 Å². The van der Waals surface area contributed by atoms with Crippen molar-refractivity contribution in [2.75, 3.05) is 0 Å². The Morgan fingerprint density at radius 3 is 2.86 bits per heavy atom. The standard InChI is InChI=1S/C9H10N4O/c1-6(10)13-8-5-11-4-3-7(8)12(2)9(13)14/h3-5,10H,1-2H3. The third-order valence-electron chi connectivity index (χ3n) is 2.19. The van der Waals surface area contributed by atoms with Crippen LogP contribution in [0.5, 0.6) is 0 Å². The van der Waals surface area contributed by atoms with Crippen LogP contribution in [0, 0.1) is 5.41 Å². The SMILES string of the molecule is CC(=N)n1c(=O)n(C)c2ccncc21. The number of aryl methyl sites for hydroxylation is 1. The molecular weight excluding hydrogens is 180 g/mol. The topological polar surface area (TPSA) is 63.7 Å². The van der Waals surface area contributed by atoms with Crippen molar-refractivity contribution in [1.82, 2.24) is 14.1 Å². The van der Waals surface area contributed by atoms with Crippen LogP contribution in [-0.2, 0) is 7.05 Å². The van der Waals surface area contributed by atoms with Crippen LogP contribution in [0.25, 0.3) is 11.0 Å². The fraction of sp³-hybridized carbons (Fsp3) is 0.222. The van der Waals surface area contributed by atoms with E-state index < -0.39 is 0 Å². The van der Waals surface area contributed by atoms with Gasteiger partial charge in [0.05, 0.1) is 17.2 Å². The zero-order valence-electron chi connectivity index (χ0n) is 7.98. The van der Waals surface area contributed by atoms with Gasteiger partial charge in [-0.2, -0.15) is 0 Å². The van der Waals surface area contributed by atoms with Gasteiger partial charge >= 0.3 is 5.69 Å². The molecule has 0 radical (unpaired) electrons. The van der Waals surface area contributed by atoms with Crippen LogP contribution in [-0.4, -0.2) is 20.0 Å². The minimum Gasteiger partial charge on any atom is -0.295 e. The highest BCUT2D eigenvalue weighted by molar-refractivity contribution is 5.89. The molecule has 5 heteroatoms. The summed E-state index contributed by atoms with van der Waals surface area (Å²) in [5, 5.41) is 7.49. The molecule has 0 aliphatic rings. The number of hydrogen-bond acceptors (Lipinski definition) is 3. The van der Waals surface area contributed by atoms with E-state index in [0.29, 0.717) is 5.52 Å². The Balaban J connectivity index is 3.03. The van der Waals surface area contributed by atoms with Gasteiger partial charge in [0.15, 0.2) is 0 Å². The maximum absolute atomic E-state index is 11.7. The van der Waals surface area contributed by atoms with Gasteiger partial charge in [0, 0.05) is 13.2 Å². The van der Waals surface area contributed by atoms with Crippen LogP contribution >= 0.6 is 0 Å². The summed E-state index contributed by atoms with van der Waals surface area (Å²) in [5.74, 6) is 0.202. The fourth-order valence-corrected chi connectivity index (χ4v) is 1.51. The first-order valence-corrected chi connectivity index (χ1v) is 4.20. The van der Waals surface area contributed by atoms with Crippen molar-refractivity contribution in [3.05, 3.63) is 28.9 Å². The van der Waals surface area contributed by atoms with Crippen LogP contribution in [0.4, 0.5) is 0 Å². The van der Waals surface area contributed by atoms with Gasteiger partial charge in [-0.3, -0.25) is 15.0 Å². The molecule has 2 aromatic rings. The highest BCUT2D eigenvalue weighted by atomic mass is 16.1. The van der Waals surface area contributed by atoms with Gasteiger partial charge in [0.2, 0.25) is 0 Å². The lowest BCUT2D eigenvalue weighted by Crippen LogP contribution is -2.25. The van der Waals surface area contributed by atoms with Crippen molar-refractivity contribution in [1.29, 1.82) is 5.41 Å². The first-order chi connectivity index (χ1) is 6.63. The van der Waals surface area contributed by atoms with E-state index in [-0.39, 0.29) is 11.5 Å². The number of pyridine rings is 1. The number of nitrogens with zero attached hydrogens (tertiary/aromatic N) is 3. The molecule has 0 atom stereocenters. The molecule has 2 rings (SSSR count). The van der Waals surface area contributed by atoms with Crippen molar-refractivity contribution in [3.63, 3.8) is 0 Å². The van der Waals surface area contributed by atoms with E-state index in [1.807, 2.05) is 0 Å². The molecule has 0 saturated heterocycles. The highest BCUT2D eigenvalue weighted by Crippen LogP contribution is 2.08. The minimum absolute atomic E-state index is 0.202. The predicted octanol–water partition coefficient (Wildman–Crippen LogP) is 0.580. The van der Waals surface area contributed by atoms with Gasteiger partial charge in [-0.15, -0.1) is 0 Å². The quantitative estimate of drug-likeness (QED) is 0.488. The summed E-state index contributed by atoms with van der Waals surface area (Å²) in [7, 11) is 1.68. The normalized spacial score (nSPS) is 10.7. The molecule has 0 spiro atoms. The zero-order chi connectivity index (χ0) is 10.3. The molecule has 0 aromatic carbocycles. The second-order valence-corrected chi connectivity index (χ2v) is 3.13. The summed E-state index contributed by atoms with van der Waals surface area (Å²) in [5.41, 5.74) is 1.25. The van der Waals surface area contributed by atoms with Crippen LogP contribution in [0.3, 0.4) is 0 Å². The average molecular weight is 190 g/mol. The van der Waals surface area contributed by atoms with E-state index in [1.165, 1.54) is 9.13 Å². The van der Waals surface area contributed by atoms with Crippen molar-refractivity contribution >= 4 is 16.9 Å². The molecule has 1 N–H and O–H groups in total. The summed E-state index contributed by atoms with van der Waals surface area (Å²) in [6.45, 7) is 1.58. The predicted molar refractivity (Wildman–Crippen MR) is 53.8 cm³/mol. The van der Waals surface area contributed by atoms with Gasteiger partial charge in [-0.25, -0.2) is 9.36 Å². The van der Waals surface area contributed by atoms with Crippen molar-refractivity contribution in [2.24, 2.45) is 7.05 Å². The molecule has 0 aliphatic heterocycles. The second-order valence-electron chi connectivity index (χ2n) is 3.13. The Hall–Kier alpha value is -1.91. The van der Waals surface area contributed by atoms with E-state index in [4.69, 9.17) is 5.41 Å². The maximum atomic E-state index is 11.7. The first kappa shape index (κ1) is 8.68. The van der Waals surface area contributed by atoms with Crippen LogP contribution in [0.15, 0.2) is 23.3 Å². The Bertz CT molecular complexity index is 564. The molecule has 5 nitrogen and oxygen atoms in total. The Morgan fingerprint density at radius 1 is 1.50 bits per heavy atom. The number of nitrogens with one attached hydrogen (secondary N) is 1. The molecule has 0 aliphatic carbocycles. The number of imidazole rings is 1. The number of aromatic nitrogens is 3. The van der Waals surface area contributed by atoms with Gasteiger partial charge in [-0.1, -0.05) is 0 Å². The van der Waals surface area contributed by atoms with Crippen molar-refractivity contribution in [3.8, 4) is 0 Å². The van der Waals surface area contributed by atoms with Gasteiger partial charge in [0.25, 0.3) is 0 Å². The van der Waals surface area contributed by atoms with Gasteiger partial charge in [0.1, 0.15) is 5.84 Å². The van der Waals surface area contributed by atoms with Crippen LogP contribution in [0.2, 0.25) is 0 Å². The third-order valence-corrected chi connectivity index (χ3v) is 2.19. The van der Waals surface area contributed by atoms with E-state index in [1.54, 1.807) is 32.4 Å². The zero-order valence-corrected chi connectivity index (χ0v) is 7.98. The molecule has 2 heterocycles. The third kappa shape index (κ3) is 0.985. The highest BCUT2D eigenvalue weighted by Gasteiger charge is 2.10. The molecule has 0 unspecified atom stereocenters. The first-order valence-electron chi connectivity index (χ1n) is 4.20. The monoisotopic (exact) mass is 190 g/mol. The Morgan fingerprint density at radius 2 is 2.21 bits per heavy atom. The fourth-order valence-electron chi connectivity index (χ4n) is 1.51. The minimum atomic E-state index is -0.208. The molecular formula is C9H10N4O. The lowest BCUT2D eigenvalue weighted by atomic mass is 10.4. The summed E-state index contributed by atoms with van der Waals surface area (Å²) < 4.78 is 2.84. The van der Waals surface area contributed by atoms with Gasteiger partial charge < -0.3 is 0 Å². The molecule has 0 amide bonds. The van der Waals surface area contributed by atoms with Gasteiger partial charge in [-0.05, 0) is 13.0 Å². The van der Waals surface area contributed by atoms with Crippen molar-refractivity contribution < 1.29 is 0 Å². The molecule has 0 saturated carbocycles. The molecule has 0 bridgehead atoms. The van der Waals surface area contributed by atoms with Crippen molar-refractivity contribution in [2.45, 2.75) is 6.92 Å². The van der Waals surface area contributed by atoms with E-state index in [0.717, 1.165) is 5.52 Å². The lowest BCUT2D eigenvalue weighted by molar-refractivity contribution is 0.858. The van der Waals surface area contributed by atoms with E-state index in [2.05, 4.69) is 4.98 Å². The molecule has 0 fully saturated rings. The van der Waals surface area contributed by atoms with E-state index in [9.17, 15) is 4.79 Å². The summed E-state index contributed by atoms with van der Waals surface area (Å²) in [4.78, 5) is 15.6. The Kier molecular flexibility index (Phi) is 1.73. The van der Waals surface area contributed by atoms with Crippen LogP contribution in [0.1, 0.15) is 6.92 Å². The molecule has 72 valence electrons. The lowest BCUT2D eigenvalue weighted by Gasteiger charge is -1.96. The number of fused-ring (bicyclic) bond motifs is 1. The second kappa shape index (κ2) is 2.80. The largest absolute Gasteiger partial charge is 0.334 e. The summed E-state index contributed by atoms with van der Waals surface area (Å²) >= 11 is 0. The number of rotatable bonds is 0. The molecule has 2 aromatic heterocycles. The van der Waals surface area contributed by atoms with E-state index >= 15 is 0 Å². The maximum Gasteiger partial charge on any atom is 0.334 e. The average Bonchev–Trinajstić information content (AvgIpc) is 2.41. The summed E-state index contributed by atoms with van der Waals surface area (Å²) in [6, 6.07) is 1.76. The smallest absolute Gasteiger partial charge is 0.295 e. The molecule has 14 heavy (non-hydrogen) atoms.